The van der Waals surface area contributed by atoms with Crippen LogP contribution in [0.3, 0.4) is 0 Å². The Bertz CT molecular complexity index is 729. The van der Waals surface area contributed by atoms with Gasteiger partial charge in [0.25, 0.3) is 0 Å². The Morgan fingerprint density at radius 3 is 2.43 bits per heavy atom. The molecule has 0 heterocycles. The smallest absolute Gasteiger partial charge is 0.307 e. The van der Waals surface area contributed by atoms with Gasteiger partial charge in [0.05, 0.1) is 11.8 Å². The van der Waals surface area contributed by atoms with Crippen LogP contribution >= 0.6 is 11.6 Å². The summed E-state index contributed by atoms with van der Waals surface area (Å²) < 4.78 is 0. The number of carbonyl (C=O) groups excluding carboxylic acids is 1. The number of carboxylic acid groups (broad SMARTS) is 1. The minimum absolute atomic E-state index is 0.000134. The fourth-order valence-electron chi connectivity index (χ4n) is 4.47. The summed E-state index contributed by atoms with van der Waals surface area (Å²) in [4.78, 5) is 24.5. The van der Waals surface area contributed by atoms with E-state index in [1.807, 2.05) is 19.1 Å². The van der Waals surface area contributed by atoms with Crippen LogP contribution in [0.2, 0.25) is 5.02 Å². The van der Waals surface area contributed by atoms with Crippen molar-refractivity contribution in [2.75, 3.05) is 5.32 Å². The van der Waals surface area contributed by atoms with Gasteiger partial charge in [-0.2, -0.15) is 0 Å². The molecule has 4 nitrogen and oxygen atoms in total. The molecule has 0 aromatic heterocycles. The first-order valence-corrected chi connectivity index (χ1v) is 8.33. The molecule has 5 heteroatoms. The first-order chi connectivity index (χ1) is 11.0. The minimum atomic E-state index is -0.864. The number of carboxylic acids is 1. The zero-order valence-electron chi connectivity index (χ0n) is 12.7. The fourth-order valence-corrected chi connectivity index (χ4v) is 4.65. The van der Waals surface area contributed by atoms with E-state index in [1.54, 1.807) is 12.1 Å². The minimum Gasteiger partial charge on any atom is -0.481 e. The molecule has 1 amide bonds. The molecule has 2 saturated carbocycles. The summed E-state index contributed by atoms with van der Waals surface area (Å²) in [5.41, 5.74) is 1.56. The van der Waals surface area contributed by atoms with Gasteiger partial charge in [-0.3, -0.25) is 9.59 Å². The Labute approximate surface area is 139 Å². The third-order valence-electron chi connectivity index (χ3n) is 5.68. The van der Waals surface area contributed by atoms with Crippen molar-refractivity contribution in [3.63, 3.8) is 0 Å². The van der Waals surface area contributed by atoms with Crippen molar-refractivity contribution >= 4 is 29.2 Å². The summed E-state index contributed by atoms with van der Waals surface area (Å²) in [6.45, 7) is 1.90. The second-order valence-electron chi connectivity index (χ2n) is 6.95. The van der Waals surface area contributed by atoms with Gasteiger partial charge in [0.15, 0.2) is 0 Å². The summed E-state index contributed by atoms with van der Waals surface area (Å²) in [7, 11) is 0. The molecule has 4 aliphatic carbocycles. The highest BCUT2D eigenvalue weighted by Crippen LogP contribution is 2.63. The summed E-state index contributed by atoms with van der Waals surface area (Å²) >= 11 is 6.10. The van der Waals surface area contributed by atoms with Gasteiger partial charge in [0, 0.05) is 10.7 Å². The molecule has 1 aromatic carbocycles. The van der Waals surface area contributed by atoms with E-state index in [0.717, 1.165) is 12.0 Å². The predicted octanol–water partition coefficient (Wildman–Crippen LogP) is 3.36. The molecule has 2 bridgehead atoms. The molecule has 0 aliphatic heterocycles. The number of rotatable bonds is 3. The molecule has 0 spiro atoms. The number of hydrogen-bond donors (Lipinski definition) is 2. The van der Waals surface area contributed by atoms with Crippen LogP contribution in [0.4, 0.5) is 5.69 Å². The maximum Gasteiger partial charge on any atom is 0.307 e. The number of allylic oxidation sites excluding steroid dienone is 2. The number of carbonyl (C=O) groups is 2. The van der Waals surface area contributed by atoms with Gasteiger partial charge in [-0.15, -0.1) is 0 Å². The standard InChI is InChI=1S/C18H18ClNO3/c1-8-2-3-9(6-14(8)19)20-17(21)15-10-4-5-11(13-7-12(10)13)16(15)18(22)23/h2-6,10-13,15-16H,7H2,1H3,(H,20,21)(H,22,23)/t10-,11-,12-,13-,15+,16-/m0/s1. The topological polar surface area (TPSA) is 66.4 Å². The largest absolute Gasteiger partial charge is 0.481 e. The van der Waals surface area contributed by atoms with Crippen molar-refractivity contribution in [3.8, 4) is 0 Å². The fraction of sp³-hybridized carbons (Fsp3) is 0.444. The van der Waals surface area contributed by atoms with E-state index in [4.69, 9.17) is 11.6 Å². The Morgan fingerprint density at radius 2 is 1.83 bits per heavy atom. The van der Waals surface area contributed by atoms with Crippen LogP contribution in [0.1, 0.15) is 12.0 Å². The lowest BCUT2D eigenvalue weighted by Gasteiger charge is -2.41. The Hall–Kier alpha value is -1.81. The number of nitrogens with one attached hydrogen (secondary N) is 1. The van der Waals surface area contributed by atoms with E-state index in [-0.39, 0.29) is 17.7 Å². The lowest BCUT2D eigenvalue weighted by molar-refractivity contribution is -0.152. The molecule has 23 heavy (non-hydrogen) atoms. The number of amides is 1. The summed E-state index contributed by atoms with van der Waals surface area (Å²) in [5, 5.41) is 13.1. The highest BCUT2D eigenvalue weighted by atomic mass is 35.5. The molecule has 120 valence electrons. The first kappa shape index (κ1) is 14.8. The molecule has 2 fully saturated rings. The average molecular weight is 332 g/mol. The lowest BCUT2D eigenvalue weighted by atomic mass is 9.62. The van der Waals surface area contributed by atoms with Crippen molar-refractivity contribution < 1.29 is 14.7 Å². The third-order valence-corrected chi connectivity index (χ3v) is 6.09. The van der Waals surface area contributed by atoms with Gasteiger partial charge in [-0.1, -0.05) is 29.8 Å². The normalized spacial score (nSPS) is 36.4. The van der Waals surface area contributed by atoms with Crippen molar-refractivity contribution in [3.05, 3.63) is 40.9 Å². The lowest BCUT2D eigenvalue weighted by Crippen LogP contribution is -2.48. The molecular weight excluding hydrogens is 314 g/mol. The highest BCUT2D eigenvalue weighted by Gasteiger charge is 2.62. The zero-order valence-corrected chi connectivity index (χ0v) is 13.5. The molecule has 6 atom stereocenters. The summed E-state index contributed by atoms with van der Waals surface area (Å²) in [6, 6.07) is 5.35. The number of benzene rings is 1. The molecule has 2 N–H and O–H groups in total. The average Bonchev–Trinajstić information content (AvgIpc) is 3.32. The zero-order chi connectivity index (χ0) is 16.3. The van der Waals surface area contributed by atoms with Crippen molar-refractivity contribution in [2.24, 2.45) is 35.5 Å². The number of anilines is 1. The molecule has 0 saturated heterocycles. The number of hydrogen-bond acceptors (Lipinski definition) is 2. The van der Waals surface area contributed by atoms with E-state index < -0.39 is 17.8 Å². The van der Waals surface area contributed by atoms with Crippen molar-refractivity contribution in [1.82, 2.24) is 0 Å². The first-order valence-electron chi connectivity index (χ1n) is 7.95. The van der Waals surface area contributed by atoms with Crippen LogP contribution in [0.15, 0.2) is 30.4 Å². The van der Waals surface area contributed by atoms with E-state index in [9.17, 15) is 14.7 Å². The molecule has 1 aromatic rings. The second-order valence-corrected chi connectivity index (χ2v) is 7.35. The molecule has 0 unspecified atom stereocenters. The quantitative estimate of drug-likeness (QED) is 0.835. The number of fused-ring (bicyclic) bond motifs is 1. The number of aliphatic carboxylic acids is 1. The summed E-state index contributed by atoms with van der Waals surface area (Å²) in [6.07, 6.45) is 5.13. The maximum absolute atomic E-state index is 12.8. The maximum atomic E-state index is 12.8. The van der Waals surface area contributed by atoms with Gasteiger partial charge in [0.1, 0.15) is 0 Å². The van der Waals surface area contributed by atoms with Crippen LogP contribution in [0, 0.1) is 42.4 Å². The Balaban J connectivity index is 1.60. The van der Waals surface area contributed by atoms with Gasteiger partial charge in [-0.25, -0.2) is 0 Å². The van der Waals surface area contributed by atoms with Gasteiger partial charge < -0.3 is 10.4 Å². The number of halogens is 1. The molecule has 4 aliphatic rings. The van der Waals surface area contributed by atoms with Crippen LogP contribution in [0.25, 0.3) is 0 Å². The van der Waals surface area contributed by atoms with Gasteiger partial charge in [-0.05, 0) is 54.7 Å². The van der Waals surface area contributed by atoms with E-state index >= 15 is 0 Å². The van der Waals surface area contributed by atoms with Crippen molar-refractivity contribution in [1.29, 1.82) is 0 Å². The van der Waals surface area contributed by atoms with Crippen LogP contribution < -0.4 is 5.32 Å². The SMILES string of the molecule is Cc1ccc(NC(=O)[C@@H]2[C@H]3C=C[C@@H]([C@@H]4C[C@@H]34)[C@@H]2C(=O)O)cc1Cl. The molecular formula is C18H18ClNO3. The Kier molecular flexibility index (Phi) is 3.27. The molecule has 0 radical (unpaired) electrons. The van der Waals surface area contributed by atoms with Crippen LogP contribution in [-0.4, -0.2) is 17.0 Å². The number of aryl methyl sites for hydroxylation is 1. The van der Waals surface area contributed by atoms with E-state index in [2.05, 4.69) is 11.4 Å². The van der Waals surface area contributed by atoms with Crippen LogP contribution in [-0.2, 0) is 9.59 Å². The van der Waals surface area contributed by atoms with E-state index in [1.165, 1.54) is 0 Å². The Morgan fingerprint density at radius 1 is 1.17 bits per heavy atom. The van der Waals surface area contributed by atoms with E-state index in [0.29, 0.717) is 22.5 Å². The third kappa shape index (κ3) is 2.27. The molecule has 5 rings (SSSR count). The van der Waals surface area contributed by atoms with Crippen LogP contribution in [0.5, 0.6) is 0 Å². The van der Waals surface area contributed by atoms with Gasteiger partial charge in [0.2, 0.25) is 5.91 Å². The van der Waals surface area contributed by atoms with Crippen molar-refractivity contribution in [2.45, 2.75) is 13.3 Å². The van der Waals surface area contributed by atoms with Gasteiger partial charge >= 0.3 is 5.97 Å². The monoisotopic (exact) mass is 331 g/mol. The highest BCUT2D eigenvalue weighted by molar-refractivity contribution is 6.31. The second kappa shape index (κ2) is 5.10. The summed E-state index contributed by atoms with van der Waals surface area (Å²) in [5.74, 6) is -1.19. The predicted molar refractivity (Wildman–Crippen MR) is 87.2 cm³/mol.